The van der Waals surface area contributed by atoms with Crippen molar-refractivity contribution < 1.29 is 8.83 Å². The van der Waals surface area contributed by atoms with Crippen LogP contribution in [0.2, 0.25) is 0 Å². The molecule has 232 valence electrons. The second kappa shape index (κ2) is 10.3. The first kappa shape index (κ1) is 27.1. The number of hydrogen-bond donors (Lipinski definition) is 0. The highest BCUT2D eigenvalue weighted by Crippen LogP contribution is 2.45. The molecular weight excluding hydrogens is 615 g/mol. The summed E-state index contributed by atoms with van der Waals surface area (Å²) in [7, 11) is 0. The summed E-state index contributed by atoms with van der Waals surface area (Å²) >= 11 is 0. The number of benzene rings is 8. The van der Waals surface area contributed by atoms with Crippen LogP contribution in [-0.2, 0) is 0 Å². The lowest BCUT2D eigenvalue weighted by atomic mass is 9.94. The predicted octanol–water partition coefficient (Wildman–Crippen LogP) is 12.1. The van der Waals surface area contributed by atoms with Crippen LogP contribution in [0.5, 0.6) is 0 Å². The van der Waals surface area contributed by atoms with Gasteiger partial charge in [-0.2, -0.15) is 0 Å². The van der Waals surface area contributed by atoms with Crippen molar-refractivity contribution in [3.63, 3.8) is 0 Å². The van der Waals surface area contributed by atoms with Gasteiger partial charge in [-0.1, -0.05) is 127 Å². The van der Waals surface area contributed by atoms with Gasteiger partial charge in [0.15, 0.2) is 17.5 Å². The van der Waals surface area contributed by atoms with Crippen LogP contribution >= 0.6 is 0 Å². The van der Waals surface area contributed by atoms with Crippen LogP contribution in [0.25, 0.3) is 110 Å². The Bertz CT molecular complexity index is 3160. The van der Waals surface area contributed by atoms with E-state index in [9.17, 15) is 0 Å². The molecule has 5 nitrogen and oxygen atoms in total. The van der Waals surface area contributed by atoms with Crippen molar-refractivity contribution in [1.82, 2.24) is 15.0 Å². The molecule has 3 aromatic heterocycles. The van der Waals surface area contributed by atoms with E-state index in [4.69, 9.17) is 23.8 Å². The van der Waals surface area contributed by atoms with Crippen LogP contribution in [0, 0.1) is 0 Å². The summed E-state index contributed by atoms with van der Waals surface area (Å²) in [6.45, 7) is 0. The van der Waals surface area contributed by atoms with E-state index in [1.165, 1.54) is 0 Å². The molecule has 0 unspecified atom stereocenters. The molecule has 0 radical (unpaired) electrons. The largest absolute Gasteiger partial charge is 0.456 e. The minimum Gasteiger partial charge on any atom is -0.456 e. The lowest BCUT2D eigenvalue weighted by Gasteiger charge is -2.12. The summed E-state index contributed by atoms with van der Waals surface area (Å²) in [5.41, 5.74) is 5.96. The van der Waals surface area contributed by atoms with Gasteiger partial charge in [0.1, 0.15) is 22.3 Å². The third-order valence-corrected chi connectivity index (χ3v) is 9.89. The fourth-order valence-corrected chi connectivity index (χ4v) is 7.66. The van der Waals surface area contributed by atoms with Crippen LogP contribution in [-0.4, -0.2) is 15.0 Å². The topological polar surface area (TPSA) is 65.0 Å². The highest BCUT2D eigenvalue weighted by molar-refractivity contribution is 6.30. The Hall–Kier alpha value is -6.85. The van der Waals surface area contributed by atoms with Crippen LogP contribution in [0.3, 0.4) is 0 Å². The van der Waals surface area contributed by atoms with Crippen LogP contribution in [0.15, 0.2) is 160 Å². The monoisotopic (exact) mass is 639 g/mol. The zero-order valence-corrected chi connectivity index (χ0v) is 26.6. The van der Waals surface area contributed by atoms with Crippen molar-refractivity contribution in [2.45, 2.75) is 0 Å². The van der Waals surface area contributed by atoms with Crippen molar-refractivity contribution in [2.24, 2.45) is 0 Å². The molecule has 0 atom stereocenters. The van der Waals surface area contributed by atoms with Gasteiger partial charge < -0.3 is 8.83 Å². The van der Waals surface area contributed by atoms with Crippen molar-refractivity contribution in [1.29, 1.82) is 0 Å². The van der Waals surface area contributed by atoms with Gasteiger partial charge in [0.2, 0.25) is 0 Å². The van der Waals surface area contributed by atoms with E-state index in [0.717, 1.165) is 92.9 Å². The lowest BCUT2D eigenvalue weighted by Crippen LogP contribution is -2.01. The van der Waals surface area contributed by atoms with Gasteiger partial charge in [-0.05, 0) is 51.2 Å². The average Bonchev–Trinajstić information content (AvgIpc) is 3.77. The minimum absolute atomic E-state index is 0.578. The summed E-state index contributed by atoms with van der Waals surface area (Å²) in [5, 5.41) is 10.7. The van der Waals surface area contributed by atoms with E-state index in [-0.39, 0.29) is 0 Å². The van der Waals surface area contributed by atoms with Gasteiger partial charge in [-0.3, -0.25) is 0 Å². The van der Waals surface area contributed by atoms with E-state index in [0.29, 0.717) is 17.5 Å². The van der Waals surface area contributed by atoms with Gasteiger partial charge in [0.05, 0.1) is 0 Å². The van der Waals surface area contributed by atoms with E-state index in [2.05, 4.69) is 91.0 Å². The Kier molecular flexibility index (Phi) is 5.60. The summed E-state index contributed by atoms with van der Waals surface area (Å²) in [5.74, 6) is 1.75. The predicted molar refractivity (Wildman–Crippen MR) is 203 cm³/mol. The lowest BCUT2D eigenvalue weighted by molar-refractivity contribution is 0.669. The number of furan rings is 2. The van der Waals surface area contributed by atoms with Gasteiger partial charge in [-0.15, -0.1) is 0 Å². The van der Waals surface area contributed by atoms with Crippen LogP contribution in [0.1, 0.15) is 0 Å². The van der Waals surface area contributed by atoms with Gasteiger partial charge in [0, 0.05) is 43.6 Å². The van der Waals surface area contributed by atoms with Crippen molar-refractivity contribution in [3.05, 3.63) is 152 Å². The SMILES string of the molecule is c1ccc(-c2nc(-c3cccc4oc5ccccc5c34)nc(-c3cc4ccc5ccccc5c4c4oc5ccc6ccccc6c5c34)n2)cc1. The first-order chi connectivity index (χ1) is 24.8. The molecule has 0 saturated carbocycles. The molecule has 0 bridgehead atoms. The summed E-state index contributed by atoms with van der Waals surface area (Å²) in [6, 6.07) is 52.0. The third-order valence-electron chi connectivity index (χ3n) is 9.89. The highest BCUT2D eigenvalue weighted by atomic mass is 16.3. The molecule has 0 amide bonds. The fourth-order valence-electron chi connectivity index (χ4n) is 7.66. The Morgan fingerprint density at radius 3 is 1.76 bits per heavy atom. The Morgan fingerprint density at radius 1 is 0.340 bits per heavy atom. The maximum Gasteiger partial charge on any atom is 0.164 e. The Labute approximate surface area is 285 Å². The molecule has 0 aliphatic heterocycles. The number of fused-ring (bicyclic) bond motifs is 12. The average molecular weight is 640 g/mol. The van der Waals surface area contributed by atoms with Crippen molar-refractivity contribution >= 4 is 76.2 Å². The second-order valence-corrected chi connectivity index (χ2v) is 12.7. The van der Waals surface area contributed by atoms with E-state index < -0.39 is 0 Å². The molecule has 11 aromatic rings. The molecule has 0 saturated heterocycles. The molecular formula is C45H25N3O2. The maximum absolute atomic E-state index is 6.89. The summed E-state index contributed by atoms with van der Waals surface area (Å²) < 4.78 is 13.2. The molecule has 11 rings (SSSR count). The third kappa shape index (κ3) is 3.92. The van der Waals surface area contributed by atoms with Gasteiger partial charge in [-0.25, -0.2) is 15.0 Å². The highest BCUT2D eigenvalue weighted by Gasteiger charge is 2.23. The fraction of sp³-hybridized carbons (Fsp3) is 0. The second-order valence-electron chi connectivity index (χ2n) is 12.7. The molecule has 0 fully saturated rings. The van der Waals surface area contributed by atoms with E-state index in [1.807, 2.05) is 60.7 Å². The molecule has 3 heterocycles. The Morgan fingerprint density at radius 2 is 0.940 bits per heavy atom. The molecule has 50 heavy (non-hydrogen) atoms. The standard InChI is InChI=1S/C45H25N3O2/c1-2-13-28(14-3-1)43-46-44(33-18-10-20-36-39(33)32-17-8-9-19-35(32)49-36)48-45(47-43)34-25-29-22-21-26-11-4-6-15-30(26)38(29)42-41(34)40-31-16-7-5-12-27(31)23-24-37(40)50-42/h1-25H. The molecule has 0 N–H and O–H groups in total. The van der Waals surface area contributed by atoms with E-state index in [1.54, 1.807) is 0 Å². The molecule has 0 aliphatic carbocycles. The Balaban J connectivity index is 1.31. The first-order valence-corrected chi connectivity index (χ1v) is 16.7. The molecule has 5 heteroatoms. The first-order valence-electron chi connectivity index (χ1n) is 16.7. The van der Waals surface area contributed by atoms with Crippen LogP contribution < -0.4 is 0 Å². The quantitative estimate of drug-likeness (QED) is 0.180. The minimum atomic E-state index is 0.578. The number of para-hydroxylation sites is 1. The zero-order valence-electron chi connectivity index (χ0n) is 26.6. The van der Waals surface area contributed by atoms with Crippen molar-refractivity contribution in [3.8, 4) is 34.2 Å². The number of aromatic nitrogens is 3. The van der Waals surface area contributed by atoms with E-state index >= 15 is 0 Å². The van der Waals surface area contributed by atoms with Crippen LogP contribution in [0.4, 0.5) is 0 Å². The van der Waals surface area contributed by atoms with Gasteiger partial charge in [0.25, 0.3) is 0 Å². The number of nitrogens with zero attached hydrogens (tertiary/aromatic N) is 3. The zero-order chi connectivity index (χ0) is 32.8. The summed E-state index contributed by atoms with van der Waals surface area (Å²) in [6.07, 6.45) is 0. The van der Waals surface area contributed by atoms with Crippen molar-refractivity contribution in [2.75, 3.05) is 0 Å². The normalized spacial score (nSPS) is 12.0. The smallest absolute Gasteiger partial charge is 0.164 e. The molecule has 0 aliphatic rings. The molecule has 0 spiro atoms. The maximum atomic E-state index is 6.89. The van der Waals surface area contributed by atoms with Gasteiger partial charge >= 0.3 is 0 Å². The number of hydrogen-bond acceptors (Lipinski definition) is 5. The number of rotatable bonds is 3. The molecule has 8 aromatic carbocycles. The summed E-state index contributed by atoms with van der Waals surface area (Å²) in [4.78, 5) is 15.7.